The summed E-state index contributed by atoms with van der Waals surface area (Å²) in [7, 11) is 1.61. The van der Waals surface area contributed by atoms with Gasteiger partial charge in [0.2, 0.25) is 0 Å². The lowest BCUT2D eigenvalue weighted by Crippen LogP contribution is -2.57. The van der Waals surface area contributed by atoms with Crippen LogP contribution in [0.3, 0.4) is 0 Å². The Morgan fingerprint density at radius 3 is 2.76 bits per heavy atom. The van der Waals surface area contributed by atoms with Crippen molar-refractivity contribution in [3.8, 4) is 5.75 Å². The molecule has 1 unspecified atom stereocenters. The number of rotatable bonds is 3. The van der Waals surface area contributed by atoms with Gasteiger partial charge in [0.1, 0.15) is 5.75 Å². The summed E-state index contributed by atoms with van der Waals surface area (Å²) in [6.45, 7) is 1.63. The second-order valence-electron chi connectivity index (χ2n) is 5.89. The molecule has 2 aliphatic rings. The summed E-state index contributed by atoms with van der Waals surface area (Å²) in [5.74, 6) is 0.661. The highest BCUT2D eigenvalue weighted by atomic mass is 79.9. The van der Waals surface area contributed by atoms with Crippen molar-refractivity contribution >= 4 is 21.8 Å². The van der Waals surface area contributed by atoms with Gasteiger partial charge in [0, 0.05) is 23.7 Å². The monoisotopic (exact) mass is 353 g/mol. The average molecular weight is 354 g/mol. The van der Waals surface area contributed by atoms with E-state index in [1.807, 2.05) is 12.1 Å². The lowest BCUT2D eigenvalue weighted by Gasteiger charge is -2.52. The minimum atomic E-state index is -0.0312. The van der Waals surface area contributed by atoms with Gasteiger partial charge in [0.25, 0.3) is 5.91 Å². The van der Waals surface area contributed by atoms with Crippen LogP contribution in [0.2, 0.25) is 0 Å². The number of hydrogen-bond donors (Lipinski definition) is 1. The summed E-state index contributed by atoms with van der Waals surface area (Å²) in [5.41, 5.74) is 0.891. The van der Waals surface area contributed by atoms with Crippen molar-refractivity contribution in [3.63, 3.8) is 0 Å². The first-order valence-corrected chi connectivity index (χ1v) is 8.16. The van der Waals surface area contributed by atoms with Gasteiger partial charge in [-0.1, -0.05) is 0 Å². The molecule has 1 saturated carbocycles. The Morgan fingerprint density at radius 1 is 1.38 bits per heavy atom. The first-order chi connectivity index (χ1) is 10.1. The normalized spacial score (nSPS) is 23.4. The lowest BCUT2D eigenvalue weighted by molar-refractivity contribution is -0.0523. The Morgan fingerprint density at radius 2 is 2.14 bits per heavy atom. The van der Waals surface area contributed by atoms with Crippen molar-refractivity contribution in [3.05, 3.63) is 28.2 Å². The predicted molar refractivity (Wildman–Crippen MR) is 83.7 cm³/mol. The molecule has 1 aliphatic carbocycles. The molecule has 0 radical (unpaired) electrons. The summed E-state index contributed by atoms with van der Waals surface area (Å²) in [5, 5.41) is 3.21. The van der Waals surface area contributed by atoms with Crippen molar-refractivity contribution in [1.29, 1.82) is 0 Å². The van der Waals surface area contributed by atoms with E-state index in [0.717, 1.165) is 36.9 Å². The molecule has 1 heterocycles. The maximum atomic E-state index is 12.5. The minimum Gasteiger partial charge on any atom is -0.497 e. The van der Waals surface area contributed by atoms with E-state index in [1.54, 1.807) is 13.2 Å². The zero-order valence-electron chi connectivity index (χ0n) is 12.2. The van der Waals surface area contributed by atoms with Crippen LogP contribution in [0.4, 0.5) is 0 Å². The van der Waals surface area contributed by atoms with Gasteiger partial charge >= 0.3 is 0 Å². The average Bonchev–Trinajstić information content (AvgIpc) is 2.52. The number of carbonyl (C=O) groups is 1. The van der Waals surface area contributed by atoms with Crippen molar-refractivity contribution < 1.29 is 14.3 Å². The van der Waals surface area contributed by atoms with Crippen LogP contribution in [0.25, 0.3) is 0 Å². The number of nitrogens with one attached hydrogen (secondary N) is 1. The summed E-state index contributed by atoms with van der Waals surface area (Å²) < 4.78 is 11.4. The number of carbonyl (C=O) groups excluding carboxylic acids is 1. The van der Waals surface area contributed by atoms with E-state index in [-0.39, 0.29) is 17.4 Å². The summed E-state index contributed by atoms with van der Waals surface area (Å²) in [6.07, 6.45) is 4.36. The third-order valence-electron chi connectivity index (χ3n) is 4.88. The largest absolute Gasteiger partial charge is 0.497 e. The Kier molecular flexibility index (Phi) is 4.22. The standard InChI is InChI=1S/C16H20BrNO3/c1-20-11-2-3-13(17)12(10-11)15(19)18-14-4-5-16(14)6-8-21-9-7-16/h2-3,10,14H,4-9H2,1H3,(H,18,19). The highest BCUT2D eigenvalue weighted by molar-refractivity contribution is 9.10. The molecule has 1 atom stereocenters. The van der Waals surface area contributed by atoms with Gasteiger partial charge in [-0.15, -0.1) is 0 Å². The van der Waals surface area contributed by atoms with Crippen molar-refractivity contribution in [2.45, 2.75) is 31.7 Å². The minimum absolute atomic E-state index is 0.0312. The van der Waals surface area contributed by atoms with E-state index in [2.05, 4.69) is 21.2 Å². The molecule has 21 heavy (non-hydrogen) atoms. The molecule has 114 valence electrons. The predicted octanol–water partition coefficient (Wildman–Crippen LogP) is 3.15. The van der Waals surface area contributed by atoms with Crippen LogP contribution in [-0.4, -0.2) is 32.3 Å². The van der Waals surface area contributed by atoms with Crippen molar-refractivity contribution in [2.75, 3.05) is 20.3 Å². The number of benzene rings is 1. The quantitative estimate of drug-likeness (QED) is 0.907. The molecule has 0 bridgehead atoms. The fraction of sp³-hybridized carbons (Fsp3) is 0.562. The van der Waals surface area contributed by atoms with E-state index in [4.69, 9.17) is 9.47 Å². The molecular formula is C16H20BrNO3. The molecule has 1 N–H and O–H groups in total. The second-order valence-corrected chi connectivity index (χ2v) is 6.74. The van der Waals surface area contributed by atoms with Crippen molar-refractivity contribution in [1.82, 2.24) is 5.32 Å². The lowest BCUT2D eigenvalue weighted by atomic mass is 9.60. The Bertz CT molecular complexity index is 540. The third kappa shape index (κ3) is 2.81. The molecule has 1 spiro atoms. The van der Waals surface area contributed by atoms with Gasteiger partial charge in [0.05, 0.1) is 12.7 Å². The van der Waals surface area contributed by atoms with Gasteiger partial charge < -0.3 is 14.8 Å². The maximum Gasteiger partial charge on any atom is 0.252 e. The Hall–Kier alpha value is -1.07. The van der Waals surface area contributed by atoms with Gasteiger partial charge in [-0.3, -0.25) is 4.79 Å². The molecule has 1 aromatic rings. The highest BCUT2D eigenvalue weighted by Crippen LogP contribution is 2.48. The topological polar surface area (TPSA) is 47.6 Å². The van der Waals surface area contributed by atoms with Gasteiger partial charge in [0.15, 0.2) is 0 Å². The molecule has 2 fully saturated rings. The highest BCUT2D eigenvalue weighted by Gasteiger charge is 2.48. The molecule has 4 nitrogen and oxygen atoms in total. The summed E-state index contributed by atoms with van der Waals surface area (Å²) in [4.78, 5) is 12.5. The van der Waals surface area contributed by atoms with E-state index >= 15 is 0 Å². The maximum absolute atomic E-state index is 12.5. The number of amides is 1. The van der Waals surface area contributed by atoms with E-state index in [1.165, 1.54) is 6.42 Å². The fourth-order valence-corrected chi connectivity index (χ4v) is 3.77. The van der Waals surface area contributed by atoms with Crippen molar-refractivity contribution in [2.24, 2.45) is 5.41 Å². The van der Waals surface area contributed by atoms with Crippen LogP contribution in [-0.2, 0) is 4.74 Å². The number of ether oxygens (including phenoxy) is 2. The second kappa shape index (κ2) is 5.97. The van der Waals surface area contributed by atoms with E-state index < -0.39 is 0 Å². The van der Waals surface area contributed by atoms with Gasteiger partial charge in [-0.05, 0) is 65.2 Å². The van der Waals surface area contributed by atoms with Crippen LogP contribution in [0.1, 0.15) is 36.0 Å². The summed E-state index contributed by atoms with van der Waals surface area (Å²) in [6, 6.07) is 5.73. The molecule has 1 aromatic carbocycles. The molecular weight excluding hydrogens is 334 g/mol. The van der Waals surface area contributed by atoms with Crippen LogP contribution in [0, 0.1) is 5.41 Å². The number of halogens is 1. The van der Waals surface area contributed by atoms with Crippen LogP contribution < -0.4 is 10.1 Å². The number of hydrogen-bond acceptors (Lipinski definition) is 3. The third-order valence-corrected chi connectivity index (χ3v) is 5.57. The molecule has 1 saturated heterocycles. The molecule has 1 amide bonds. The van der Waals surface area contributed by atoms with E-state index in [9.17, 15) is 4.79 Å². The van der Waals surface area contributed by atoms with Crippen LogP contribution >= 0.6 is 15.9 Å². The Labute approximate surface area is 133 Å². The Balaban J connectivity index is 1.72. The molecule has 0 aromatic heterocycles. The first-order valence-electron chi connectivity index (χ1n) is 7.37. The zero-order chi connectivity index (χ0) is 14.9. The molecule has 3 rings (SSSR count). The number of methoxy groups -OCH3 is 1. The molecule has 5 heteroatoms. The molecule has 1 aliphatic heterocycles. The van der Waals surface area contributed by atoms with E-state index in [0.29, 0.717) is 11.3 Å². The summed E-state index contributed by atoms with van der Waals surface area (Å²) >= 11 is 3.44. The van der Waals surface area contributed by atoms with Gasteiger partial charge in [-0.2, -0.15) is 0 Å². The SMILES string of the molecule is COc1ccc(Br)c(C(=O)NC2CCC23CCOCC3)c1. The smallest absolute Gasteiger partial charge is 0.252 e. The van der Waals surface area contributed by atoms with Crippen LogP contribution in [0.5, 0.6) is 5.75 Å². The van der Waals surface area contributed by atoms with Gasteiger partial charge in [-0.25, -0.2) is 0 Å². The fourth-order valence-electron chi connectivity index (χ4n) is 3.34. The first kappa shape index (κ1) is 14.9. The zero-order valence-corrected chi connectivity index (χ0v) is 13.7. The van der Waals surface area contributed by atoms with Crippen LogP contribution in [0.15, 0.2) is 22.7 Å².